The van der Waals surface area contributed by atoms with Crippen LogP contribution in [0.4, 0.5) is 0 Å². The highest BCUT2D eigenvalue weighted by atomic mass is 31.2. The van der Waals surface area contributed by atoms with Gasteiger partial charge < -0.3 is 24.2 Å². The highest BCUT2D eigenvalue weighted by Gasteiger charge is 2.00. The summed E-state index contributed by atoms with van der Waals surface area (Å²) in [6, 6.07) is 10.1. The Bertz CT molecular complexity index is 407. The van der Waals surface area contributed by atoms with Crippen molar-refractivity contribution in [2.75, 3.05) is 19.8 Å². The molecular weight excluding hydrogens is 331 g/mol. The minimum Gasteiger partial charge on any atom is -0.494 e. The zero-order chi connectivity index (χ0) is 18.1. The van der Waals surface area contributed by atoms with Crippen molar-refractivity contribution in [1.29, 1.82) is 0 Å². The molecule has 0 unspecified atom stereocenters. The molecule has 1 aromatic carbocycles. The van der Waals surface area contributed by atoms with Crippen molar-refractivity contribution >= 4 is 7.82 Å². The van der Waals surface area contributed by atoms with Crippen LogP contribution in [0.5, 0.6) is 5.75 Å². The van der Waals surface area contributed by atoms with Crippen LogP contribution in [0.2, 0.25) is 0 Å². The van der Waals surface area contributed by atoms with Gasteiger partial charge in [0.25, 0.3) is 0 Å². The molecule has 1 aromatic rings. The van der Waals surface area contributed by atoms with Crippen molar-refractivity contribution in [3.05, 3.63) is 30.3 Å². The summed E-state index contributed by atoms with van der Waals surface area (Å²) in [7, 11) is -4.64. The monoisotopic (exact) mass is 362 g/mol. The van der Waals surface area contributed by atoms with Crippen LogP contribution < -0.4 is 4.74 Å². The molecule has 6 nitrogen and oxygen atoms in total. The Morgan fingerprint density at radius 3 is 1.88 bits per heavy atom. The first-order valence-corrected chi connectivity index (χ1v) is 10.0. The van der Waals surface area contributed by atoms with Gasteiger partial charge in [0.15, 0.2) is 0 Å². The van der Waals surface area contributed by atoms with E-state index in [0.29, 0.717) is 0 Å². The molecule has 140 valence electrons. The lowest BCUT2D eigenvalue weighted by Crippen LogP contribution is -1.96. The normalized spacial score (nSPS) is 12.3. The zero-order valence-electron chi connectivity index (χ0n) is 14.5. The van der Waals surface area contributed by atoms with E-state index < -0.39 is 7.82 Å². The van der Waals surface area contributed by atoms with Gasteiger partial charge >= 0.3 is 7.82 Å². The fraction of sp³-hybridized carbons (Fsp3) is 0.647. The van der Waals surface area contributed by atoms with E-state index in [1.807, 2.05) is 30.3 Å². The van der Waals surface area contributed by atoms with Gasteiger partial charge in [-0.05, 0) is 18.6 Å². The average Bonchev–Trinajstić information content (AvgIpc) is 3.38. The lowest BCUT2D eigenvalue weighted by Gasteiger charge is -2.05. The van der Waals surface area contributed by atoms with E-state index in [9.17, 15) is 0 Å². The Morgan fingerprint density at radius 2 is 1.42 bits per heavy atom. The predicted molar refractivity (Wildman–Crippen MR) is 95.0 cm³/mol. The molecule has 0 saturated carbocycles. The highest BCUT2D eigenvalue weighted by molar-refractivity contribution is 7.45. The second-order valence-corrected chi connectivity index (χ2v) is 6.44. The zero-order valence-corrected chi connectivity index (χ0v) is 15.4. The average molecular weight is 362 g/mol. The van der Waals surface area contributed by atoms with Gasteiger partial charge in [-0.1, -0.05) is 63.6 Å². The lowest BCUT2D eigenvalue weighted by atomic mass is 10.1. The quantitative estimate of drug-likeness (QED) is 0.350. The molecular formula is C17H31O6P. The fourth-order valence-electron chi connectivity index (χ4n) is 1.77. The fourth-order valence-corrected chi connectivity index (χ4v) is 1.77. The van der Waals surface area contributed by atoms with E-state index in [2.05, 4.69) is 11.7 Å². The van der Waals surface area contributed by atoms with E-state index in [0.717, 1.165) is 25.6 Å². The van der Waals surface area contributed by atoms with Gasteiger partial charge in [-0.15, -0.1) is 0 Å². The molecule has 2 rings (SSSR count). The van der Waals surface area contributed by atoms with Crippen molar-refractivity contribution in [2.24, 2.45) is 0 Å². The first-order chi connectivity index (χ1) is 11.4. The van der Waals surface area contributed by atoms with Crippen LogP contribution in [-0.2, 0) is 9.30 Å². The summed E-state index contributed by atoms with van der Waals surface area (Å²) in [5.74, 6) is 0.994. The lowest BCUT2D eigenvalue weighted by molar-refractivity contribution is 0.275. The Morgan fingerprint density at radius 1 is 0.958 bits per heavy atom. The van der Waals surface area contributed by atoms with Crippen LogP contribution in [0.3, 0.4) is 0 Å². The number of ether oxygens (including phenoxy) is 2. The Hall–Kier alpha value is -0.910. The van der Waals surface area contributed by atoms with Gasteiger partial charge in [0.1, 0.15) is 5.75 Å². The number of benzene rings is 1. The minimum atomic E-state index is -4.64. The summed E-state index contributed by atoms with van der Waals surface area (Å²) < 4.78 is 19.0. The SMILES string of the molecule is C1CO1.CCCCCCCCCOc1ccccc1.O=P(O)(O)O. The van der Waals surface area contributed by atoms with E-state index in [-0.39, 0.29) is 0 Å². The third-order valence-corrected chi connectivity index (χ3v) is 2.96. The molecule has 0 spiro atoms. The van der Waals surface area contributed by atoms with E-state index >= 15 is 0 Å². The Labute approximate surface area is 145 Å². The standard InChI is InChI=1S/C15H24O.C2H4O.H3O4P/c1-2-3-4-5-6-7-11-14-16-15-12-9-8-10-13-15;1-2-3-1;1-5(2,3)4/h8-10,12-13H,2-7,11,14H2,1H3;1-2H2;(H3,1,2,3,4). The molecule has 24 heavy (non-hydrogen) atoms. The second-order valence-electron chi connectivity index (χ2n) is 5.41. The van der Waals surface area contributed by atoms with E-state index in [1.165, 1.54) is 44.9 Å². The maximum absolute atomic E-state index is 8.88. The maximum atomic E-state index is 8.88. The second kappa shape index (κ2) is 15.6. The summed E-state index contributed by atoms with van der Waals surface area (Å²) in [5, 5.41) is 0. The summed E-state index contributed by atoms with van der Waals surface area (Å²) in [6.07, 6.45) is 9.35. The highest BCUT2D eigenvalue weighted by Crippen LogP contribution is 2.25. The molecule has 1 heterocycles. The molecule has 1 aliphatic heterocycles. The molecule has 0 amide bonds. The number of unbranched alkanes of at least 4 members (excludes halogenated alkanes) is 6. The van der Waals surface area contributed by atoms with Gasteiger partial charge in [0, 0.05) is 0 Å². The van der Waals surface area contributed by atoms with Crippen molar-refractivity contribution in [3.63, 3.8) is 0 Å². The van der Waals surface area contributed by atoms with Crippen molar-refractivity contribution in [3.8, 4) is 5.75 Å². The molecule has 7 heteroatoms. The predicted octanol–water partition coefficient (Wildman–Crippen LogP) is 3.90. The summed E-state index contributed by atoms with van der Waals surface area (Å²) >= 11 is 0. The van der Waals surface area contributed by atoms with Crippen LogP contribution in [-0.4, -0.2) is 34.5 Å². The number of phosphoric acid groups is 1. The molecule has 0 aromatic heterocycles. The Balaban J connectivity index is 0.000000541. The van der Waals surface area contributed by atoms with Crippen LogP contribution in [0.25, 0.3) is 0 Å². The third-order valence-electron chi connectivity index (χ3n) is 2.96. The summed E-state index contributed by atoms with van der Waals surface area (Å²) in [4.78, 5) is 21.6. The van der Waals surface area contributed by atoms with Gasteiger partial charge in [0.2, 0.25) is 0 Å². The Kier molecular flexibility index (Phi) is 15.0. The topological polar surface area (TPSA) is 99.5 Å². The molecule has 0 radical (unpaired) electrons. The molecule has 0 aliphatic carbocycles. The number of hydrogen-bond donors (Lipinski definition) is 3. The van der Waals surface area contributed by atoms with Crippen molar-refractivity contribution in [2.45, 2.75) is 51.9 Å². The van der Waals surface area contributed by atoms with Crippen molar-refractivity contribution in [1.82, 2.24) is 0 Å². The number of rotatable bonds is 9. The summed E-state index contributed by atoms with van der Waals surface area (Å²) in [5.41, 5.74) is 0. The van der Waals surface area contributed by atoms with Crippen molar-refractivity contribution < 1.29 is 28.7 Å². The third kappa shape index (κ3) is 26.0. The molecule has 0 bridgehead atoms. The molecule has 1 saturated heterocycles. The van der Waals surface area contributed by atoms with Gasteiger partial charge in [-0.25, -0.2) is 4.57 Å². The van der Waals surface area contributed by atoms with Crippen LogP contribution in [0.1, 0.15) is 51.9 Å². The van der Waals surface area contributed by atoms with Gasteiger partial charge in [-0.2, -0.15) is 0 Å². The number of hydrogen-bond acceptors (Lipinski definition) is 3. The largest absolute Gasteiger partial charge is 0.494 e. The smallest absolute Gasteiger partial charge is 0.466 e. The van der Waals surface area contributed by atoms with E-state index in [4.69, 9.17) is 24.0 Å². The summed E-state index contributed by atoms with van der Waals surface area (Å²) in [6.45, 7) is 5.12. The van der Waals surface area contributed by atoms with Crippen LogP contribution in [0.15, 0.2) is 30.3 Å². The van der Waals surface area contributed by atoms with E-state index in [1.54, 1.807) is 0 Å². The minimum absolute atomic E-state index is 0.859. The number of epoxide rings is 1. The maximum Gasteiger partial charge on any atom is 0.466 e. The molecule has 0 atom stereocenters. The molecule has 1 fully saturated rings. The van der Waals surface area contributed by atoms with Gasteiger partial charge in [0.05, 0.1) is 19.8 Å². The van der Waals surface area contributed by atoms with Crippen LogP contribution >= 0.6 is 7.82 Å². The molecule has 1 aliphatic rings. The molecule has 3 N–H and O–H groups in total. The van der Waals surface area contributed by atoms with Gasteiger partial charge in [-0.3, -0.25) is 0 Å². The van der Waals surface area contributed by atoms with Crippen LogP contribution in [0, 0.1) is 0 Å². The number of para-hydroxylation sites is 1. The first kappa shape index (κ1) is 23.1. The first-order valence-electron chi connectivity index (χ1n) is 8.47.